The first-order chi connectivity index (χ1) is 17.3. The lowest BCUT2D eigenvalue weighted by Gasteiger charge is -2.39. The van der Waals surface area contributed by atoms with Gasteiger partial charge in [0.1, 0.15) is 0 Å². The van der Waals surface area contributed by atoms with Gasteiger partial charge in [0.15, 0.2) is 5.82 Å². The van der Waals surface area contributed by atoms with Crippen molar-refractivity contribution >= 4 is 11.8 Å². The quantitative estimate of drug-likeness (QED) is 0.623. The number of piperidine rings is 2. The number of nitrogens with zero attached hydrogens (tertiary/aromatic N) is 6. The Morgan fingerprint density at radius 1 is 1.11 bits per heavy atom. The Bertz CT molecular complexity index is 1090. The molecule has 1 atom stereocenters. The molecule has 5 rings (SSSR count). The van der Waals surface area contributed by atoms with Crippen LogP contribution in [-0.2, 0) is 4.79 Å². The van der Waals surface area contributed by atoms with Crippen molar-refractivity contribution in [3.63, 3.8) is 0 Å². The summed E-state index contributed by atoms with van der Waals surface area (Å²) in [6.07, 6.45) is 8.17. The Labute approximate surface area is 211 Å². The zero-order valence-corrected chi connectivity index (χ0v) is 21.2. The van der Waals surface area contributed by atoms with Crippen molar-refractivity contribution in [2.75, 3.05) is 39.3 Å². The zero-order chi connectivity index (χ0) is 25.3. The van der Waals surface area contributed by atoms with E-state index in [1.54, 1.807) is 4.90 Å². The first-order valence-corrected chi connectivity index (χ1v) is 13.1. The molecule has 5 heterocycles. The minimum atomic E-state index is -0.594. The molecule has 3 aliphatic rings. The molecule has 3 saturated heterocycles. The summed E-state index contributed by atoms with van der Waals surface area (Å²) in [5, 5.41) is 8.61. The van der Waals surface area contributed by atoms with E-state index >= 15 is 0 Å². The van der Waals surface area contributed by atoms with Crippen molar-refractivity contribution in [3.05, 3.63) is 41.6 Å². The van der Waals surface area contributed by atoms with E-state index in [-0.39, 0.29) is 34.8 Å². The fourth-order valence-electron chi connectivity index (χ4n) is 5.85. The van der Waals surface area contributed by atoms with Gasteiger partial charge in [-0.15, -0.1) is 10.2 Å². The topological polar surface area (TPSA) is 95.7 Å². The molecule has 0 radical (unpaired) electrons. The molecular weight excluding hydrogens is 463 g/mol. The lowest BCUT2D eigenvalue weighted by atomic mass is 9.76. The van der Waals surface area contributed by atoms with Crippen LogP contribution < -0.4 is 0 Å². The summed E-state index contributed by atoms with van der Waals surface area (Å²) in [6, 6.07) is 1.31. The second kappa shape index (κ2) is 10.2. The fraction of sp³-hybridized carbons (Fsp3) is 0.654. The van der Waals surface area contributed by atoms with E-state index in [2.05, 4.69) is 20.1 Å². The Kier molecular flexibility index (Phi) is 7.05. The molecule has 0 saturated carbocycles. The van der Waals surface area contributed by atoms with Gasteiger partial charge in [0, 0.05) is 44.8 Å². The molecule has 2 aromatic heterocycles. The third kappa shape index (κ3) is 5.00. The number of likely N-dealkylation sites (tertiary alicyclic amines) is 3. The highest BCUT2D eigenvalue weighted by atomic mass is 19.1. The third-order valence-electron chi connectivity index (χ3n) is 8.00. The van der Waals surface area contributed by atoms with Gasteiger partial charge in [-0.25, -0.2) is 4.39 Å². The Morgan fingerprint density at radius 3 is 2.53 bits per heavy atom. The monoisotopic (exact) mass is 498 g/mol. The highest BCUT2D eigenvalue weighted by Gasteiger charge is 2.49. The maximum absolute atomic E-state index is 14.1. The summed E-state index contributed by atoms with van der Waals surface area (Å²) in [5.74, 6) is 0.569. The molecular formula is C26H35FN6O3. The zero-order valence-electron chi connectivity index (χ0n) is 21.2. The van der Waals surface area contributed by atoms with Crippen molar-refractivity contribution in [2.45, 2.75) is 64.3 Å². The van der Waals surface area contributed by atoms with E-state index in [9.17, 15) is 14.0 Å². The van der Waals surface area contributed by atoms with E-state index in [1.165, 1.54) is 18.7 Å². The van der Waals surface area contributed by atoms with E-state index < -0.39 is 5.82 Å². The van der Waals surface area contributed by atoms with Crippen molar-refractivity contribution in [1.82, 2.24) is 29.9 Å². The minimum Gasteiger partial charge on any atom is -0.423 e. The van der Waals surface area contributed by atoms with Gasteiger partial charge in [0.2, 0.25) is 17.7 Å². The van der Waals surface area contributed by atoms with E-state index in [4.69, 9.17) is 4.42 Å². The number of hydrogen-bond donors (Lipinski definition) is 0. The summed E-state index contributed by atoms with van der Waals surface area (Å²) < 4.78 is 20.2. The fourth-order valence-corrected chi connectivity index (χ4v) is 5.85. The summed E-state index contributed by atoms with van der Waals surface area (Å²) in [7, 11) is 0. The summed E-state index contributed by atoms with van der Waals surface area (Å²) in [5.41, 5.74) is -0.00144. The van der Waals surface area contributed by atoms with Crippen LogP contribution in [0.3, 0.4) is 0 Å². The van der Waals surface area contributed by atoms with Crippen LogP contribution in [0.15, 0.2) is 22.9 Å². The summed E-state index contributed by atoms with van der Waals surface area (Å²) in [6.45, 7) is 7.84. The normalized spacial score (nSPS) is 22.5. The lowest BCUT2D eigenvalue weighted by molar-refractivity contribution is -0.133. The maximum atomic E-state index is 14.1. The number of hydrogen-bond acceptors (Lipinski definition) is 7. The van der Waals surface area contributed by atoms with Crippen LogP contribution in [0.4, 0.5) is 4.39 Å². The molecule has 0 aromatic carbocycles. The molecule has 36 heavy (non-hydrogen) atoms. The summed E-state index contributed by atoms with van der Waals surface area (Å²) >= 11 is 0. The van der Waals surface area contributed by atoms with Crippen LogP contribution in [0, 0.1) is 11.2 Å². The molecule has 3 fully saturated rings. The first-order valence-electron chi connectivity index (χ1n) is 13.1. The SMILES string of the molecule is CC(C)c1nnc(C2CC3(CCN(C(=O)c4ccncc4F)CC3)CN2CC(=O)N2CCCCC2)o1. The summed E-state index contributed by atoms with van der Waals surface area (Å²) in [4.78, 5) is 35.7. The predicted molar refractivity (Wildman–Crippen MR) is 130 cm³/mol. The molecule has 1 unspecified atom stereocenters. The van der Waals surface area contributed by atoms with Crippen LogP contribution in [0.25, 0.3) is 0 Å². The van der Waals surface area contributed by atoms with Crippen molar-refractivity contribution in [2.24, 2.45) is 5.41 Å². The van der Waals surface area contributed by atoms with Crippen LogP contribution >= 0.6 is 0 Å². The van der Waals surface area contributed by atoms with Crippen LogP contribution in [0.5, 0.6) is 0 Å². The Hall–Kier alpha value is -2.88. The molecule has 0 bridgehead atoms. The largest absolute Gasteiger partial charge is 0.423 e. The predicted octanol–water partition coefficient (Wildman–Crippen LogP) is 3.41. The standard InChI is InChI=1S/C26H35FN6O3/c1-18(2)23-29-30-24(36-23)21-14-26(17-33(21)16-22(34)31-10-4-3-5-11-31)7-12-32(13-8-26)25(35)19-6-9-28-15-20(19)27/h6,9,15,18,21H,3-5,7-8,10-14,16-17H2,1-2H3. The number of amides is 2. The van der Waals surface area contributed by atoms with Crippen LogP contribution in [-0.4, -0.2) is 81.0 Å². The van der Waals surface area contributed by atoms with Crippen molar-refractivity contribution in [3.8, 4) is 0 Å². The van der Waals surface area contributed by atoms with Gasteiger partial charge >= 0.3 is 0 Å². The molecule has 10 heteroatoms. The van der Waals surface area contributed by atoms with Crippen LogP contribution in [0.2, 0.25) is 0 Å². The molecule has 3 aliphatic heterocycles. The lowest BCUT2D eigenvalue weighted by Crippen LogP contribution is -2.46. The maximum Gasteiger partial charge on any atom is 0.256 e. The second-order valence-corrected chi connectivity index (χ2v) is 10.8. The second-order valence-electron chi connectivity index (χ2n) is 10.8. The van der Waals surface area contributed by atoms with Gasteiger partial charge in [-0.05, 0) is 50.0 Å². The van der Waals surface area contributed by atoms with Gasteiger partial charge in [-0.2, -0.15) is 0 Å². The number of aromatic nitrogens is 3. The number of rotatable bonds is 5. The van der Waals surface area contributed by atoms with Gasteiger partial charge in [-0.3, -0.25) is 19.5 Å². The molecule has 194 valence electrons. The smallest absolute Gasteiger partial charge is 0.256 e. The van der Waals surface area contributed by atoms with E-state index in [1.807, 2.05) is 18.7 Å². The molecule has 2 aromatic rings. The van der Waals surface area contributed by atoms with Gasteiger partial charge in [-0.1, -0.05) is 13.8 Å². The minimum absolute atomic E-state index is 0.0612. The number of carbonyl (C=O) groups is 2. The Morgan fingerprint density at radius 2 is 1.86 bits per heavy atom. The Balaban J connectivity index is 1.31. The van der Waals surface area contributed by atoms with E-state index in [0.717, 1.165) is 57.9 Å². The third-order valence-corrected chi connectivity index (χ3v) is 8.00. The van der Waals surface area contributed by atoms with Gasteiger partial charge < -0.3 is 14.2 Å². The highest BCUT2D eigenvalue weighted by Crippen LogP contribution is 2.49. The van der Waals surface area contributed by atoms with Crippen molar-refractivity contribution < 1.29 is 18.4 Å². The molecule has 9 nitrogen and oxygen atoms in total. The van der Waals surface area contributed by atoms with E-state index in [0.29, 0.717) is 31.4 Å². The first kappa shape index (κ1) is 24.8. The van der Waals surface area contributed by atoms with Crippen molar-refractivity contribution in [1.29, 1.82) is 0 Å². The number of carbonyl (C=O) groups excluding carboxylic acids is 2. The van der Waals surface area contributed by atoms with Crippen LogP contribution in [0.1, 0.15) is 86.5 Å². The van der Waals surface area contributed by atoms with Gasteiger partial charge in [0.05, 0.1) is 24.3 Å². The average molecular weight is 499 g/mol. The van der Waals surface area contributed by atoms with Gasteiger partial charge in [0.25, 0.3) is 5.91 Å². The highest BCUT2D eigenvalue weighted by molar-refractivity contribution is 5.94. The molecule has 0 aliphatic carbocycles. The molecule has 0 N–H and O–H groups in total. The molecule has 1 spiro atoms. The average Bonchev–Trinajstić information content (AvgIpc) is 3.51. The number of halogens is 1. The molecule has 2 amide bonds. The number of pyridine rings is 1.